The first-order valence-corrected chi connectivity index (χ1v) is 13.4. The van der Waals surface area contributed by atoms with E-state index >= 15 is 0 Å². The van der Waals surface area contributed by atoms with Gasteiger partial charge >= 0.3 is 6.03 Å². The van der Waals surface area contributed by atoms with Gasteiger partial charge in [-0.25, -0.2) is 13.2 Å². The third-order valence-electron chi connectivity index (χ3n) is 6.46. The summed E-state index contributed by atoms with van der Waals surface area (Å²) in [4.78, 5) is 15.1. The number of carbonyl (C=O) groups excluding carboxylic acids is 1. The fraction of sp³-hybridized carbons (Fsp3) is 0.480. The predicted octanol–water partition coefficient (Wildman–Crippen LogP) is 2.56. The van der Waals surface area contributed by atoms with E-state index in [4.69, 9.17) is 4.74 Å². The Labute approximate surface area is 202 Å². The number of nitrogens with one attached hydrogen (secondary N) is 2. The average Bonchev–Trinajstić information content (AvgIpc) is 2.88. The predicted molar refractivity (Wildman–Crippen MR) is 131 cm³/mol. The van der Waals surface area contributed by atoms with Crippen LogP contribution in [-0.2, 0) is 27.8 Å². The fourth-order valence-electron chi connectivity index (χ4n) is 4.49. The summed E-state index contributed by atoms with van der Waals surface area (Å²) in [5.74, 6) is 0. The van der Waals surface area contributed by atoms with Crippen molar-refractivity contribution in [1.82, 2.24) is 19.8 Å². The van der Waals surface area contributed by atoms with Crippen molar-refractivity contribution in [1.29, 1.82) is 0 Å². The van der Waals surface area contributed by atoms with Gasteiger partial charge in [-0.2, -0.15) is 4.31 Å². The first-order chi connectivity index (χ1) is 16.5. The van der Waals surface area contributed by atoms with E-state index in [1.54, 1.807) is 24.3 Å². The Morgan fingerprint density at radius 3 is 2.38 bits per heavy atom. The highest BCUT2D eigenvalue weighted by Gasteiger charge is 2.26. The molecule has 2 aliphatic heterocycles. The second-order valence-corrected chi connectivity index (χ2v) is 10.8. The van der Waals surface area contributed by atoms with Crippen molar-refractivity contribution < 1.29 is 17.9 Å². The molecule has 0 bridgehead atoms. The van der Waals surface area contributed by atoms with Gasteiger partial charge in [-0.3, -0.25) is 4.90 Å². The highest BCUT2D eigenvalue weighted by atomic mass is 32.2. The van der Waals surface area contributed by atoms with Crippen LogP contribution in [0.3, 0.4) is 0 Å². The van der Waals surface area contributed by atoms with Gasteiger partial charge in [0.15, 0.2) is 0 Å². The van der Waals surface area contributed by atoms with E-state index in [0.29, 0.717) is 45.4 Å². The van der Waals surface area contributed by atoms with Crippen LogP contribution < -0.4 is 10.6 Å². The molecule has 2 amide bonds. The van der Waals surface area contributed by atoms with Gasteiger partial charge in [0.1, 0.15) is 0 Å². The highest BCUT2D eigenvalue weighted by Crippen LogP contribution is 2.20. The Hall–Kier alpha value is -2.46. The molecule has 2 N–H and O–H groups in total. The molecule has 2 aromatic rings. The number of hydrogen-bond acceptors (Lipinski definition) is 5. The van der Waals surface area contributed by atoms with Crippen LogP contribution in [0.25, 0.3) is 0 Å². The molecule has 2 fully saturated rings. The molecule has 4 rings (SSSR count). The number of sulfonamides is 1. The molecule has 2 aliphatic rings. The Bertz CT molecular complexity index is 1020. The molecule has 2 saturated heterocycles. The van der Waals surface area contributed by atoms with Crippen molar-refractivity contribution in [3.8, 4) is 0 Å². The van der Waals surface area contributed by atoms with Gasteiger partial charge < -0.3 is 15.4 Å². The van der Waals surface area contributed by atoms with Crippen molar-refractivity contribution in [3.63, 3.8) is 0 Å². The van der Waals surface area contributed by atoms with Crippen LogP contribution in [0.2, 0.25) is 0 Å². The van der Waals surface area contributed by atoms with Gasteiger partial charge in [0, 0.05) is 38.8 Å². The summed E-state index contributed by atoms with van der Waals surface area (Å²) in [5.41, 5.74) is 2.14. The summed E-state index contributed by atoms with van der Waals surface area (Å²) in [6.07, 6.45) is 3.44. The van der Waals surface area contributed by atoms with Crippen LogP contribution in [0.5, 0.6) is 0 Å². The molecule has 184 valence electrons. The minimum atomic E-state index is -3.51. The number of ether oxygens (including phenoxy) is 1. The minimum Gasteiger partial charge on any atom is -0.379 e. The van der Waals surface area contributed by atoms with Crippen LogP contribution in [0, 0.1) is 0 Å². The zero-order valence-corrected chi connectivity index (χ0v) is 20.3. The van der Waals surface area contributed by atoms with Gasteiger partial charge in [-0.1, -0.05) is 48.9 Å². The summed E-state index contributed by atoms with van der Waals surface area (Å²) in [7, 11) is -3.51. The quantitative estimate of drug-likeness (QED) is 0.599. The number of piperidine rings is 1. The summed E-state index contributed by atoms with van der Waals surface area (Å²) in [6.45, 7) is 4.46. The molecular weight excluding hydrogens is 452 g/mol. The van der Waals surface area contributed by atoms with Gasteiger partial charge in [0.25, 0.3) is 0 Å². The molecular formula is C25H34N4O4S. The SMILES string of the molecule is O=C(NCc1ccc(S(=O)(=O)N2CCOCC2)cc1)NC[C@@H]1CCCCN1Cc1ccccc1. The number of benzene rings is 2. The second-order valence-electron chi connectivity index (χ2n) is 8.83. The van der Waals surface area contributed by atoms with E-state index in [-0.39, 0.29) is 10.9 Å². The number of rotatable bonds is 8. The number of nitrogens with zero attached hydrogens (tertiary/aromatic N) is 2. The van der Waals surface area contributed by atoms with E-state index in [2.05, 4.69) is 39.8 Å². The average molecular weight is 487 g/mol. The van der Waals surface area contributed by atoms with E-state index in [1.165, 1.54) is 22.7 Å². The zero-order valence-electron chi connectivity index (χ0n) is 19.5. The summed E-state index contributed by atoms with van der Waals surface area (Å²) in [6, 6.07) is 17.2. The van der Waals surface area contributed by atoms with Crippen LogP contribution >= 0.6 is 0 Å². The maximum absolute atomic E-state index is 12.7. The van der Waals surface area contributed by atoms with Gasteiger partial charge in [-0.05, 0) is 42.6 Å². The maximum Gasteiger partial charge on any atom is 0.315 e. The Kier molecular flexibility index (Phi) is 8.55. The maximum atomic E-state index is 12.7. The molecule has 8 nitrogen and oxygen atoms in total. The van der Waals surface area contributed by atoms with Crippen molar-refractivity contribution in [2.45, 2.75) is 43.3 Å². The molecule has 0 aliphatic carbocycles. The lowest BCUT2D eigenvalue weighted by molar-refractivity contribution is 0.0730. The van der Waals surface area contributed by atoms with Gasteiger partial charge in [0.05, 0.1) is 18.1 Å². The summed E-state index contributed by atoms with van der Waals surface area (Å²) in [5, 5.41) is 5.89. The second kappa shape index (κ2) is 11.8. The lowest BCUT2D eigenvalue weighted by Crippen LogP contribution is -2.48. The smallest absolute Gasteiger partial charge is 0.315 e. The molecule has 0 radical (unpaired) electrons. The Morgan fingerprint density at radius 2 is 1.65 bits per heavy atom. The molecule has 2 heterocycles. The van der Waals surface area contributed by atoms with Crippen LogP contribution in [0.15, 0.2) is 59.5 Å². The standard InChI is InChI=1S/C25H34N4O4S/c30-25(27-19-23-8-4-5-13-28(23)20-22-6-2-1-3-7-22)26-18-21-9-11-24(12-10-21)34(31,32)29-14-16-33-17-15-29/h1-3,6-7,9-12,23H,4-5,8,13-20H2,(H2,26,27,30)/t23-/m0/s1. The topological polar surface area (TPSA) is 91.0 Å². The molecule has 34 heavy (non-hydrogen) atoms. The Balaban J connectivity index is 1.24. The molecule has 0 unspecified atom stereocenters. The van der Waals surface area contributed by atoms with E-state index in [1.807, 2.05) is 6.07 Å². The Morgan fingerprint density at radius 1 is 0.912 bits per heavy atom. The first-order valence-electron chi connectivity index (χ1n) is 12.0. The van der Waals surface area contributed by atoms with E-state index in [0.717, 1.165) is 25.1 Å². The highest BCUT2D eigenvalue weighted by molar-refractivity contribution is 7.89. The molecule has 0 spiro atoms. The number of likely N-dealkylation sites (tertiary alicyclic amines) is 1. The summed E-state index contributed by atoms with van der Waals surface area (Å²) >= 11 is 0. The van der Waals surface area contributed by atoms with E-state index < -0.39 is 10.0 Å². The molecule has 0 aromatic heterocycles. The molecule has 0 saturated carbocycles. The lowest BCUT2D eigenvalue weighted by atomic mass is 10.0. The number of carbonyl (C=O) groups is 1. The van der Waals surface area contributed by atoms with Crippen molar-refractivity contribution in [2.75, 3.05) is 39.4 Å². The van der Waals surface area contributed by atoms with Crippen LogP contribution in [0.4, 0.5) is 4.79 Å². The number of morpholine rings is 1. The largest absolute Gasteiger partial charge is 0.379 e. The van der Waals surface area contributed by atoms with Crippen molar-refractivity contribution >= 4 is 16.1 Å². The van der Waals surface area contributed by atoms with Crippen molar-refractivity contribution in [2.24, 2.45) is 0 Å². The monoisotopic (exact) mass is 486 g/mol. The third kappa shape index (κ3) is 6.56. The number of urea groups is 1. The zero-order chi connectivity index (χ0) is 23.8. The fourth-order valence-corrected chi connectivity index (χ4v) is 5.90. The summed E-state index contributed by atoms with van der Waals surface area (Å²) < 4.78 is 32.1. The first kappa shape index (κ1) is 24.7. The molecule has 2 aromatic carbocycles. The minimum absolute atomic E-state index is 0.213. The van der Waals surface area contributed by atoms with Crippen LogP contribution in [-0.4, -0.2) is 69.1 Å². The van der Waals surface area contributed by atoms with Crippen LogP contribution in [0.1, 0.15) is 30.4 Å². The molecule has 9 heteroatoms. The molecule has 1 atom stereocenters. The van der Waals surface area contributed by atoms with Gasteiger partial charge in [0.2, 0.25) is 10.0 Å². The lowest BCUT2D eigenvalue weighted by Gasteiger charge is -2.35. The normalized spacial score (nSPS) is 20.1. The number of hydrogen-bond donors (Lipinski definition) is 2. The number of amides is 2. The van der Waals surface area contributed by atoms with Crippen molar-refractivity contribution in [3.05, 3.63) is 65.7 Å². The van der Waals surface area contributed by atoms with E-state index in [9.17, 15) is 13.2 Å². The third-order valence-corrected chi connectivity index (χ3v) is 8.37. The van der Waals surface area contributed by atoms with Gasteiger partial charge in [-0.15, -0.1) is 0 Å².